The third kappa shape index (κ3) is 6.02. The van der Waals surface area contributed by atoms with Gasteiger partial charge in [-0.15, -0.1) is 0 Å². The summed E-state index contributed by atoms with van der Waals surface area (Å²) in [6.07, 6.45) is 14.8. The molecule has 0 saturated heterocycles. The monoisotopic (exact) mass is 380 g/mol. The van der Waals surface area contributed by atoms with E-state index in [4.69, 9.17) is 0 Å². The molecular weight excluding hydrogens is 349 g/mol. The topological polar surface area (TPSA) is 9.23 Å². The number of hydrogen-bond acceptors (Lipinski definition) is 1. The summed E-state index contributed by atoms with van der Waals surface area (Å²) < 4.78 is 41.1. The molecule has 0 bridgehead atoms. The lowest BCUT2D eigenvalue weighted by Crippen LogP contribution is -2.25. The summed E-state index contributed by atoms with van der Waals surface area (Å²) in [6.45, 7) is -3.02. The first-order chi connectivity index (χ1) is 13.2. The van der Waals surface area contributed by atoms with Gasteiger partial charge in [0.15, 0.2) is 0 Å². The second-order valence-corrected chi connectivity index (χ2v) is 8.14. The lowest BCUT2D eigenvalue weighted by Gasteiger charge is -2.37. The van der Waals surface area contributed by atoms with Crippen LogP contribution in [0.4, 0.5) is 13.2 Å². The lowest BCUT2D eigenvalue weighted by molar-refractivity contribution is -0.0498. The van der Waals surface area contributed by atoms with Gasteiger partial charge in [0.1, 0.15) is 5.75 Å². The van der Waals surface area contributed by atoms with Crippen LogP contribution in [-0.2, 0) is 0 Å². The third-order valence-corrected chi connectivity index (χ3v) is 6.52. The van der Waals surface area contributed by atoms with Crippen LogP contribution in [0.15, 0.2) is 36.4 Å². The molecule has 0 atom stereocenters. The Hall–Kier alpha value is -1.45. The number of benzene rings is 1. The quantitative estimate of drug-likeness (QED) is 0.451. The molecule has 150 valence electrons. The number of alkyl halides is 3. The lowest BCUT2D eigenvalue weighted by atomic mass is 9.68. The Morgan fingerprint density at radius 2 is 1.48 bits per heavy atom. The first-order valence-electron chi connectivity index (χ1n) is 10.4. The van der Waals surface area contributed by atoms with Crippen LogP contribution in [0.2, 0.25) is 0 Å². The van der Waals surface area contributed by atoms with Crippen molar-refractivity contribution in [1.82, 2.24) is 0 Å². The van der Waals surface area contributed by atoms with E-state index < -0.39 is 6.61 Å². The standard InChI is InChI=1S/C23H31F3O/c24-16-2-1-3-17-4-6-18(7-5-17)19-8-10-20(11-9-19)21-12-14-22(15-13-21)27-23(25)26/h1,3,12-15,17-20,23H,2,4-11,16H2/t17-,18-,19-,20-. The average Bonchev–Trinajstić information content (AvgIpc) is 2.69. The van der Waals surface area contributed by atoms with Gasteiger partial charge in [0.25, 0.3) is 0 Å². The van der Waals surface area contributed by atoms with Crippen LogP contribution in [0.1, 0.15) is 69.3 Å². The number of allylic oxidation sites excluding steroid dienone is 2. The molecule has 0 aliphatic heterocycles. The Kier molecular flexibility index (Phi) is 7.66. The van der Waals surface area contributed by atoms with Gasteiger partial charge >= 0.3 is 6.61 Å². The summed E-state index contributed by atoms with van der Waals surface area (Å²) in [4.78, 5) is 0. The fraction of sp³-hybridized carbons (Fsp3) is 0.652. The summed E-state index contributed by atoms with van der Waals surface area (Å²) in [6, 6.07) is 7.20. The molecule has 1 aromatic rings. The predicted molar refractivity (Wildman–Crippen MR) is 103 cm³/mol. The third-order valence-electron chi connectivity index (χ3n) is 6.52. The molecule has 0 N–H and O–H groups in total. The summed E-state index contributed by atoms with van der Waals surface area (Å²) >= 11 is 0. The van der Waals surface area contributed by atoms with Gasteiger partial charge in [-0.3, -0.25) is 4.39 Å². The van der Waals surface area contributed by atoms with Gasteiger partial charge in [0.05, 0.1) is 6.67 Å². The molecule has 0 heterocycles. The predicted octanol–water partition coefficient (Wildman–Crippen LogP) is 7.28. The van der Waals surface area contributed by atoms with E-state index in [2.05, 4.69) is 10.8 Å². The van der Waals surface area contributed by atoms with Crippen LogP contribution in [0.3, 0.4) is 0 Å². The average molecular weight is 380 g/mol. The highest BCUT2D eigenvalue weighted by molar-refractivity contribution is 5.29. The van der Waals surface area contributed by atoms with Gasteiger partial charge in [0.2, 0.25) is 0 Å². The van der Waals surface area contributed by atoms with E-state index in [1.54, 1.807) is 12.1 Å². The fourth-order valence-electron chi connectivity index (χ4n) is 5.01. The SMILES string of the molecule is FCCC=C[C@H]1CC[C@H]([C@H]2CC[C@H](c3ccc(OC(F)F)cc3)CC2)CC1. The summed E-state index contributed by atoms with van der Waals surface area (Å²) in [5.41, 5.74) is 1.25. The van der Waals surface area contributed by atoms with Crippen molar-refractivity contribution in [2.24, 2.45) is 17.8 Å². The highest BCUT2D eigenvalue weighted by Gasteiger charge is 2.30. The van der Waals surface area contributed by atoms with Crippen LogP contribution in [0, 0.1) is 17.8 Å². The minimum atomic E-state index is -2.76. The van der Waals surface area contributed by atoms with Crippen molar-refractivity contribution < 1.29 is 17.9 Å². The molecule has 0 aromatic heterocycles. The molecule has 2 fully saturated rings. The van der Waals surface area contributed by atoms with Crippen molar-refractivity contribution in [2.75, 3.05) is 6.67 Å². The van der Waals surface area contributed by atoms with Gasteiger partial charge in [0, 0.05) is 0 Å². The molecule has 27 heavy (non-hydrogen) atoms. The van der Waals surface area contributed by atoms with E-state index in [9.17, 15) is 13.2 Å². The molecular formula is C23H31F3O. The van der Waals surface area contributed by atoms with Crippen LogP contribution >= 0.6 is 0 Å². The van der Waals surface area contributed by atoms with Crippen molar-refractivity contribution in [1.29, 1.82) is 0 Å². The fourth-order valence-corrected chi connectivity index (χ4v) is 5.01. The molecule has 2 aliphatic rings. The minimum Gasteiger partial charge on any atom is -0.435 e. The molecule has 2 saturated carbocycles. The second-order valence-electron chi connectivity index (χ2n) is 8.14. The van der Waals surface area contributed by atoms with E-state index in [0.29, 0.717) is 18.3 Å². The van der Waals surface area contributed by atoms with Crippen LogP contribution in [0.5, 0.6) is 5.75 Å². The Labute approximate surface area is 161 Å². The zero-order chi connectivity index (χ0) is 19.1. The summed E-state index contributed by atoms with van der Waals surface area (Å²) in [5, 5.41) is 0. The highest BCUT2D eigenvalue weighted by Crippen LogP contribution is 2.44. The van der Waals surface area contributed by atoms with Crippen molar-refractivity contribution in [3.8, 4) is 5.75 Å². The minimum absolute atomic E-state index is 0.236. The number of hydrogen-bond donors (Lipinski definition) is 0. The smallest absolute Gasteiger partial charge is 0.387 e. The Balaban J connectivity index is 1.43. The van der Waals surface area contributed by atoms with Crippen LogP contribution in [0.25, 0.3) is 0 Å². The molecule has 4 heteroatoms. The summed E-state index contributed by atoms with van der Waals surface area (Å²) in [5.74, 6) is 3.11. The summed E-state index contributed by atoms with van der Waals surface area (Å²) in [7, 11) is 0. The number of halogens is 3. The van der Waals surface area contributed by atoms with E-state index in [0.717, 1.165) is 11.8 Å². The van der Waals surface area contributed by atoms with Crippen LogP contribution < -0.4 is 4.74 Å². The Bertz CT molecular complexity index is 568. The van der Waals surface area contributed by atoms with Gasteiger partial charge < -0.3 is 4.74 Å². The van der Waals surface area contributed by atoms with Gasteiger partial charge in [-0.25, -0.2) is 0 Å². The van der Waals surface area contributed by atoms with Gasteiger partial charge in [-0.2, -0.15) is 8.78 Å². The normalized spacial score (nSPS) is 29.3. The Morgan fingerprint density at radius 1 is 0.889 bits per heavy atom. The van der Waals surface area contributed by atoms with E-state index >= 15 is 0 Å². The first-order valence-corrected chi connectivity index (χ1v) is 10.4. The van der Waals surface area contributed by atoms with Crippen molar-refractivity contribution >= 4 is 0 Å². The molecule has 1 nitrogen and oxygen atoms in total. The maximum atomic E-state index is 12.3. The largest absolute Gasteiger partial charge is 0.435 e. The molecule has 0 spiro atoms. The first kappa shape index (κ1) is 20.3. The molecule has 3 rings (SSSR count). The maximum Gasteiger partial charge on any atom is 0.387 e. The van der Waals surface area contributed by atoms with Gasteiger partial charge in [-0.05, 0) is 99.2 Å². The van der Waals surface area contributed by atoms with Crippen molar-refractivity contribution in [2.45, 2.75) is 70.3 Å². The van der Waals surface area contributed by atoms with E-state index in [-0.39, 0.29) is 12.4 Å². The molecule has 0 radical (unpaired) electrons. The number of ether oxygens (including phenoxy) is 1. The molecule has 0 unspecified atom stereocenters. The molecule has 1 aromatic carbocycles. The molecule has 0 amide bonds. The number of rotatable bonds is 7. The zero-order valence-electron chi connectivity index (χ0n) is 16.0. The van der Waals surface area contributed by atoms with Crippen molar-refractivity contribution in [3.05, 3.63) is 42.0 Å². The van der Waals surface area contributed by atoms with E-state index in [1.807, 2.05) is 18.2 Å². The maximum absolute atomic E-state index is 12.3. The van der Waals surface area contributed by atoms with Gasteiger partial charge in [-0.1, -0.05) is 24.3 Å². The van der Waals surface area contributed by atoms with Crippen molar-refractivity contribution in [3.63, 3.8) is 0 Å². The second kappa shape index (κ2) is 10.2. The van der Waals surface area contributed by atoms with E-state index in [1.165, 1.54) is 56.9 Å². The Morgan fingerprint density at radius 3 is 2.04 bits per heavy atom. The zero-order valence-corrected chi connectivity index (χ0v) is 16.0. The molecule has 2 aliphatic carbocycles. The van der Waals surface area contributed by atoms with Crippen LogP contribution in [-0.4, -0.2) is 13.3 Å². The highest BCUT2D eigenvalue weighted by atomic mass is 19.3.